The van der Waals surface area contributed by atoms with Gasteiger partial charge in [0.05, 0.1) is 6.04 Å². The monoisotopic (exact) mass is 533 g/mol. The van der Waals surface area contributed by atoms with E-state index in [2.05, 4.69) is 15.6 Å². The van der Waals surface area contributed by atoms with Crippen molar-refractivity contribution < 1.29 is 29.4 Å². The minimum absolute atomic E-state index is 0.0296. The highest BCUT2D eigenvalue weighted by atomic mass is 16.4. The van der Waals surface area contributed by atoms with E-state index in [1.165, 1.54) is 17.0 Å². The van der Waals surface area contributed by atoms with Crippen molar-refractivity contribution >= 4 is 29.7 Å². The fourth-order valence-corrected chi connectivity index (χ4v) is 4.16. The van der Waals surface area contributed by atoms with Crippen LogP contribution in [0.5, 0.6) is 5.75 Å². The van der Waals surface area contributed by atoms with Gasteiger partial charge >= 0.3 is 5.97 Å². The summed E-state index contributed by atoms with van der Waals surface area (Å²) in [6.07, 6.45) is 1.46. The molecule has 4 atom stereocenters. The lowest BCUT2D eigenvalue weighted by atomic mass is 10.0. The van der Waals surface area contributed by atoms with E-state index >= 15 is 0 Å². The molecule has 0 saturated carbocycles. The molecule has 1 fully saturated rings. The number of aliphatic imine (C=N–C) groups is 1. The molecule has 38 heavy (non-hydrogen) atoms. The average Bonchev–Trinajstić information content (AvgIpc) is 3.35. The van der Waals surface area contributed by atoms with Gasteiger partial charge in [-0.2, -0.15) is 0 Å². The zero-order valence-electron chi connectivity index (χ0n) is 21.8. The van der Waals surface area contributed by atoms with Crippen molar-refractivity contribution in [3.05, 3.63) is 29.8 Å². The Hall–Kier alpha value is -3.87. The molecule has 1 aliphatic rings. The van der Waals surface area contributed by atoms with Crippen LogP contribution in [0.2, 0.25) is 0 Å². The van der Waals surface area contributed by atoms with Crippen molar-refractivity contribution in [3.8, 4) is 5.75 Å². The second kappa shape index (κ2) is 14.2. The predicted octanol–water partition coefficient (Wildman–Crippen LogP) is -0.983. The van der Waals surface area contributed by atoms with Crippen LogP contribution in [0.3, 0.4) is 0 Å². The van der Waals surface area contributed by atoms with Crippen LogP contribution in [0.15, 0.2) is 29.3 Å². The number of aromatic hydroxyl groups is 1. The summed E-state index contributed by atoms with van der Waals surface area (Å²) in [5.74, 6) is -2.98. The molecule has 0 aromatic heterocycles. The van der Waals surface area contributed by atoms with Gasteiger partial charge in [0, 0.05) is 19.5 Å². The Bertz CT molecular complexity index is 1010. The Labute approximate surface area is 221 Å². The van der Waals surface area contributed by atoms with Gasteiger partial charge in [-0.05, 0) is 49.3 Å². The Morgan fingerprint density at radius 3 is 2.34 bits per heavy atom. The number of guanidine groups is 1. The lowest BCUT2D eigenvalue weighted by Gasteiger charge is -2.29. The summed E-state index contributed by atoms with van der Waals surface area (Å²) in [5, 5.41) is 24.3. The van der Waals surface area contributed by atoms with Crippen molar-refractivity contribution in [2.75, 3.05) is 13.1 Å². The summed E-state index contributed by atoms with van der Waals surface area (Å²) >= 11 is 0. The molecular weight excluding hydrogens is 494 g/mol. The molecule has 4 unspecified atom stereocenters. The quantitative estimate of drug-likeness (QED) is 0.0937. The highest BCUT2D eigenvalue weighted by Crippen LogP contribution is 2.20. The first-order valence-corrected chi connectivity index (χ1v) is 12.6. The largest absolute Gasteiger partial charge is 0.508 e. The number of hydrogen-bond acceptors (Lipinski definition) is 7. The maximum Gasteiger partial charge on any atom is 0.326 e. The molecule has 0 aliphatic carbocycles. The molecule has 1 saturated heterocycles. The highest BCUT2D eigenvalue weighted by Gasteiger charge is 2.38. The van der Waals surface area contributed by atoms with Crippen molar-refractivity contribution in [2.45, 2.75) is 70.1 Å². The van der Waals surface area contributed by atoms with E-state index in [0.29, 0.717) is 31.4 Å². The lowest BCUT2D eigenvalue weighted by molar-refractivity contribution is -0.143. The number of nitrogens with one attached hydrogen (secondary N) is 2. The van der Waals surface area contributed by atoms with Crippen LogP contribution < -0.4 is 27.8 Å². The summed E-state index contributed by atoms with van der Waals surface area (Å²) in [7, 11) is 0. The van der Waals surface area contributed by atoms with E-state index in [1.807, 2.05) is 13.8 Å². The van der Waals surface area contributed by atoms with E-state index in [0.717, 1.165) is 0 Å². The molecule has 0 radical (unpaired) electrons. The minimum Gasteiger partial charge on any atom is -0.508 e. The van der Waals surface area contributed by atoms with Crippen LogP contribution in [0, 0.1) is 5.92 Å². The first kappa shape index (κ1) is 30.4. The van der Waals surface area contributed by atoms with Gasteiger partial charge < -0.3 is 42.9 Å². The van der Waals surface area contributed by atoms with Crippen molar-refractivity contribution in [3.63, 3.8) is 0 Å². The zero-order valence-corrected chi connectivity index (χ0v) is 21.8. The van der Waals surface area contributed by atoms with E-state index < -0.39 is 42.0 Å². The predicted molar refractivity (Wildman–Crippen MR) is 141 cm³/mol. The maximum absolute atomic E-state index is 13.2. The maximum atomic E-state index is 13.2. The lowest BCUT2D eigenvalue weighted by Crippen LogP contribution is -2.57. The van der Waals surface area contributed by atoms with Gasteiger partial charge in [0.2, 0.25) is 17.7 Å². The fraction of sp³-hybridized carbons (Fsp3) is 0.560. The number of rotatable bonds is 13. The van der Waals surface area contributed by atoms with Crippen molar-refractivity contribution in [1.29, 1.82) is 0 Å². The molecule has 1 aromatic carbocycles. The summed E-state index contributed by atoms with van der Waals surface area (Å²) in [6.45, 7) is 4.23. The molecule has 2 rings (SSSR count). The van der Waals surface area contributed by atoms with Crippen LogP contribution in [-0.2, 0) is 25.6 Å². The van der Waals surface area contributed by atoms with Gasteiger partial charge in [0.25, 0.3) is 0 Å². The zero-order chi connectivity index (χ0) is 28.4. The summed E-state index contributed by atoms with van der Waals surface area (Å²) in [5.41, 5.74) is 17.3. The van der Waals surface area contributed by atoms with Gasteiger partial charge in [-0.1, -0.05) is 26.0 Å². The Kier molecular flexibility index (Phi) is 11.3. The summed E-state index contributed by atoms with van der Waals surface area (Å²) in [6, 6.07) is 2.04. The SMILES string of the molecule is CC(C)C(N)C(=O)N1CCCC1C(=O)NC(CCCN=C(N)N)C(=O)NC(Cc1ccc(O)cc1)C(=O)O. The fourth-order valence-electron chi connectivity index (χ4n) is 4.16. The smallest absolute Gasteiger partial charge is 0.326 e. The molecule has 0 spiro atoms. The highest BCUT2D eigenvalue weighted by molar-refractivity contribution is 5.94. The number of amides is 3. The number of phenolic OH excluding ortho intramolecular Hbond substituents is 1. The average molecular weight is 534 g/mol. The Morgan fingerprint density at radius 2 is 1.76 bits per heavy atom. The third-order valence-corrected chi connectivity index (χ3v) is 6.41. The minimum atomic E-state index is -1.28. The number of phenols is 1. The third-order valence-electron chi connectivity index (χ3n) is 6.41. The Balaban J connectivity index is 2.16. The first-order chi connectivity index (χ1) is 17.9. The molecular formula is C25H39N7O6. The van der Waals surface area contributed by atoms with Gasteiger partial charge in [-0.25, -0.2) is 4.79 Å². The van der Waals surface area contributed by atoms with Crippen LogP contribution in [-0.4, -0.2) is 82.0 Å². The van der Waals surface area contributed by atoms with Crippen molar-refractivity contribution in [2.24, 2.45) is 28.1 Å². The van der Waals surface area contributed by atoms with Gasteiger partial charge in [0.1, 0.15) is 23.9 Å². The number of nitrogens with zero attached hydrogens (tertiary/aromatic N) is 2. The van der Waals surface area contributed by atoms with E-state index in [9.17, 15) is 29.4 Å². The number of hydrogen-bond donors (Lipinski definition) is 7. The van der Waals surface area contributed by atoms with E-state index in [1.54, 1.807) is 12.1 Å². The molecule has 1 aliphatic heterocycles. The van der Waals surface area contributed by atoms with Gasteiger partial charge in [-0.15, -0.1) is 0 Å². The number of carbonyl (C=O) groups excluding carboxylic acids is 3. The number of benzene rings is 1. The molecule has 0 bridgehead atoms. The number of aliphatic carboxylic acids is 1. The standard InChI is InChI=1S/C25H39N7O6/c1-14(2)20(26)23(36)32-12-4-6-19(32)22(35)30-17(5-3-11-29-25(27)28)21(34)31-18(24(37)38)13-15-7-9-16(33)10-8-15/h7-10,14,17-20,33H,3-6,11-13,26H2,1-2H3,(H,30,35)(H,31,34)(H,37,38)(H4,27,28,29). The first-order valence-electron chi connectivity index (χ1n) is 12.6. The van der Waals surface area contributed by atoms with Gasteiger partial charge in [0.15, 0.2) is 5.96 Å². The second-order valence-corrected chi connectivity index (χ2v) is 9.74. The second-order valence-electron chi connectivity index (χ2n) is 9.74. The van der Waals surface area contributed by atoms with Crippen LogP contribution in [0.4, 0.5) is 0 Å². The van der Waals surface area contributed by atoms with Crippen LogP contribution in [0.25, 0.3) is 0 Å². The van der Waals surface area contributed by atoms with Crippen LogP contribution >= 0.6 is 0 Å². The molecule has 13 nitrogen and oxygen atoms in total. The van der Waals surface area contributed by atoms with E-state index in [4.69, 9.17) is 17.2 Å². The van der Waals surface area contributed by atoms with Gasteiger partial charge in [-0.3, -0.25) is 19.4 Å². The topological polar surface area (TPSA) is 226 Å². The summed E-state index contributed by atoms with van der Waals surface area (Å²) < 4.78 is 0. The number of carbonyl (C=O) groups is 4. The molecule has 10 N–H and O–H groups in total. The molecule has 1 heterocycles. The Morgan fingerprint density at radius 1 is 1.11 bits per heavy atom. The van der Waals surface area contributed by atoms with Crippen molar-refractivity contribution in [1.82, 2.24) is 15.5 Å². The molecule has 3 amide bonds. The molecule has 13 heteroatoms. The number of likely N-dealkylation sites (tertiary alicyclic amines) is 1. The summed E-state index contributed by atoms with van der Waals surface area (Å²) in [4.78, 5) is 56.4. The van der Waals surface area contributed by atoms with E-state index in [-0.39, 0.29) is 42.9 Å². The molecule has 210 valence electrons. The van der Waals surface area contributed by atoms with Crippen LogP contribution in [0.1, 0.15) is 45.1 Å². The normalized spacial score (nSPS) is 17.4. The number of carboxylic acid groups (broad SMARTS) is 1. The number of carboxylic acids is 1. The third kappa shape index (κ3) is 8.91. The molecule has 1 aromatic rings. The number of nitrogens with two attached hydrogens (primary N) is 3.